The number of hydrogen-bond acceptors (Lipinski definition) is 1. The van der Waals surface area contributed by atoms with E-state index in [1.165, 1.54) is 70.6 Å². The van der Waals surface area contributed by atoms with Gasteiger partial charge in [0.05, 0.1) is 0 Å². The van der Waals surface area contributed by atoms with Crippen LogP contribution in [0.1, 0.15) is 70.6 Å². The smallest absolute Gasteiger partial charge is 0.166 e. The van der Waals surface area contributed by atoms with Crippen molar-refractivity contribution in [2.24, 2.45) is 11.8 Å². The predicted molar refractivity (Wildman–Crippen MR) is 84.2 cm³/mol. The third kappa shape index (κ3) is 3.62. The molecule has 108 valence electrons. The van der Waals surface area contributed by atoms with E-state index in [4.69, 9.17) is 12.2 Å². The molecule has 0 aliphatic heterocycles. The second-order valence-electron chi connectivity index (χ2n) is 6.94. The van der Waals surface area contributed by atoms with Crippen molar-refractivity contribution in [1.29, 1.82) is 0 Å². The highest BCUT2D eigenvalue weighted by Crippen LogP contribution is 2.44. The average molecular weight is 280 g/mol. The summed E-state index contributed by atoms with van der Waals surface area (Å²) in [5, 5.41) is 8.14. The highest BCUT2D eigenvalue weighted by Gasteiger charge is 2.39. The van der Waals surface area contributed by atoms with Crippen molar-refractivity contribution in [3.05, 3.63) is 0 Å². The van der Waals surface area contributed by atoms with Crippen molar-refractivity contribution in [3.8, 4) is 0 Å². The average Bonchev–Trinajstić information content (AvgIpc) is 2.94. The molecule has 3 rings (SSSR count). The zero-order chi connectivity index (χ0) is 13.1. The van der Waals surface area contributed by atoms with Crippen LogP contribution in [0.5, 0.6) is 0 Å². The summed E-state index contributed by atoms with van der Waals surface area (Å²) < 4.78 is 0. The number of rotatable bonds is 2. The lowest BCUT2D eigenvalue weighted by Crippen LogP contribution is -2.47. The van der Waals surface area contributed by atoms with E-state index in [9.17, 15) is 0 Å². The van der Waals surface area contributed by atoms with Gasteiger partial charge in [0.25, 0.3) is 0 Å². The van der Waals surface area contributed by atoms with E-state index in [-0.39, 0.29) is 0 Å². The molecule has 0 aromatic rings. The number of thiocarbonyl (C=S) groups is 1. The van der Waals surface area contributed by atoms with Gasteiger partial charge in [-0.15, -0.1) is 0 Å². The first kappa shape index (κ1) is 13.7. The molecule has 0 spiro atoms. The molecule has 19 heavy (non-hydrogen) atoms. The van der Waals surface area contributed by atoms with Gasteiger partial charge in [0.15, 0.2) is 5.11 Å². The van der Waals surface area contributed by atoms with Gasteiger partial charge in [0.2, 0.25) is 0 Å². The summed E-state index contributed by atoms with van der Waals surface area (Å²) in [6.45, 7) is 0. The standard InChI is InChI=1S/C16H28N2S/c19-16(17-14-6-4-2-1-3-5-7-14)18-15-11-12-8-9-13(15)10-12/h12-15H,1-11H2,(H2,17,18,19)/t12-,13+,15-/m1/s1. The zero-order valence-corrected chi connectivity index (χ0v) is 12.8. The van der Waals surface area contributed by atoms with Crippen molar-refractivity contribution in [2.75, 3.05) is 0 Å². The summed E-state index contributed by atoms with van der Waals surface area (Å²) >= 11 is 5.54. The maximum atomic E-state index is 5.54. The Labute approximate surface area is 123 Å². The van der Waals surface area contributed by atoms with Crippen LogP contribution < -0.4 is 10.6 Å². The maximum Gasteiger partial charge on any atom is 0.166 e. The summed E-state index contributed by atoms with van der Waals surface area (Å²) in [5.41, 5.74) is 0. The third-order valence-corrected chi connectivity index (χ3v) is 5.73. The molecular weight excluding hydrogens is 252 g/mol. The Bertz CT molecular complexity index is 310. The minimum absolute atomic E-state index is 0.624. The second-order valence-corrected chi connectivity index (χ2v) is 7.35. The Kier molecular flexibility index (Phi) is 4.62. The van der Waals surface area contributed by atoms with E-state index in [1.54, 1.807) is 0 Å². The summed E-state index contributed by atoms with van der Waals surface area (Å²) in [7, 11) is 0. The maximum absolute atomic E-state index is 5.54. The van der Waals surface area contributed by atoms with Gasteiger partial charge in [-0.3, -0.25) is 0 Å². The predicted octanol–water partition coefficient (Wildman–Crippen LogP) is 3.75. The van der Waals surface area contributed by atoms with Gasteiger partial charge in [0.1, 0.15) is 0 Å². The van der Waals surface area contributed by atoms with E-state index >= 15 is 0 Å². The fourth-order valence-electron chi connectivity index (χ4n) is 4.42. The van der Waals surface area contributed by atoms with Crippen LogP contribution in [-0.4, -0.2) is 17.2 Å². The van der Waals surface area contributed by atoms with Crippen molar-refractivity contribution >= 4 is 17.3 Å². The van der Waals surface area contributed by atoms with Crippen LogP contribution in [0.25, 0.3) is 0 Å². The Morgan fingerprint density at radius 3 is 2.16 bits per heavy atom. The number of fused-ring (bicyclic) bond motifs is 2. The van der Waals surface area contributed by atoms with Crippen LogP contribution in [0.15, 0.2) is 0 Å². The molecule has 0 saturated heterocycles. The fraction of sp³-hybridized carbons (Fsp3) is 0.938. The Balaban J connectivity index is 1.42. The van der Waals surface area contributed by atoms with Crippen LogP contribution >= 0.6 is 12.2 Å². The summed E-state index contributed by atoms with van der Waals surface area (Å²) in [4.78, 5) is 0. The molecule has 3 heteroatoms. The highest BCUT2D eigenvalue weighted by molar-refractivity contribution is 7.80. The van der Waals surface area contributed by atoms with Crippen LogP contribution in [0.4, 0.5) is 0 Å². The molecule has 0 unspecified atom stereocenters. The minimum Gasteiger partial charge on any atom is -0.360 e. The Morgan fingerprint density at radius 1 is 0.789 bits per heavy atom. The first-order chi connectivity index (χ1) is 9.31. The lowest BCUT2D eigenvalue weighted by atomic mass is 9.95. The molecule has 3 saturated carbocycles. The normalized spacial score (nSPS) is 35.7. The van der Waals surface area contributed by atoms with Crippen molar-refractivity contribution < 1.29 is 0 Å². The number of nitrogens with one attached hydrogen (secondary N) is 2. The van der Waals surface area contributed by atoms with E-state index in [0.29, 0.717) is 12.1 Å². The molecule has 3 aliphatic carbocycles. The molecule has 3 fully saturated rings. The van der Waals surface area contributed by atoms with Gasteiger partial charge < -0.3 is 10.6 Å². The molecule has 0 heterocycles. The lowest BCUT2D eigenvalue weighted by molar-refractivity contribution is 0.382. The van der Waals surface area contributed by atoms with Gasteiger partial charge in [-0.1, -0.05) is 38.5 Å². The molecule has 2 N–H and O–H groups in total. The summed E-state index contributed by atoms with van der Waals surface area (Å²) in [6, 6.07) is 1.30. The van der Waals surface area contributed by atoms with Crippen LogP contribution in [-0.2, 0) is 0 Å². The summed E-state index contributed by atoms with van der Waals surface area (Å²) in [5.74, 6) is 1.90. The Morgan fingerprint density at radius 2 is 1.53 bits per heavy atom. The molecule has 0 aromatic carbocycles. The van der Waals surface area contributed by atoms with Crippen LogP contribution in [0.3, 0.4) is 0 Å². The molecule has 2 nitrogen and oxygen atoms in total. The molecule has 3 aliphatic rings. The fourth-order valence-corrected chi connectivity index (χ4v) is 4.74. The summed E-state index contributed by atoms with van der Waals surface area (Å²) in [6.07, 6.45) is 15.3. The molecular formula is C16H28N2S. The Hall–Kier alpha value is -0.310. The van der Waals surface area contributed by atoms with Gasteiger partial charge in [-0.25, -0.2) is 0 Å². The monoisotopic (exact) mass is 280 g/mol. The molecule has 0 amide bonds. The van der Waals surface area contributed by atoms with Gasteiger partial charge in [-0.05, 0) is 56.2 Å². The first-order valence-electron chi connectivity index (χ1n) is 8.38. The van der Waals surface area contributed by atoms with Crippen molar-refractivity contribution in [1.82, 2.24) is 10.6 Å². The van der Waals surface area contributed by atoms with E-state index in [1.807, 2.05) is 0 Å². The molecule has 2 bridgehead atoms. The molecule has 0 aromatic heterocycles. The van der Waals surface area contributed by atoms with Gasteiger partial charge >= 0.3 is 0 Å². The quantitative estimate of drug-likeness (QED) is 0.753. The molecule has 3 atom stereocenters. The van der Waals surface area contributed by atoms with Gasteiger partial charge in [-0.2, -0.15) is 0 Å². The van der Waals surface area contributed by atoms with Crippen LogP contribution in [0.2, 0.25) is 0 Å². The van der Waals surface area contributed by atoms with E-state index < -0.39 is 0 Å². The minimum atomic E-state index is 0.624. The number of hydrogen-bond donors (Lipinski definition) is 2. The third-order valence-electron chi connectivity index (χ3n) is 5.49. The van der Waals surface area contributed by atoms with E-state index in [0.717, 1.165) is 16.9 Å². The van der Waals surface area contributed by atoms with Crippen molar-refractivity contribution in [2.45, 2.75) is 82.7 Å². The first-order valence-corrected chi connectivity index (χ1v) is 8.79. The second kappa shape index (κ2) is 6.43. The highest BCUT2D eigenvalue weighted by atomic mass is 32.1. The largest absolute Gasteiger partial charge is 0.360 e. The SMILES string of the molecule is S=C(NC1CCCCCCC1)N[C@@H]1C[C@@H]2CC[C@H]1C2. The zero-order valence-electron chi connectivity index (χ0n) is 12.0. The molecule has 0 radical (unpaired) electrons. The van der Waals surface area contributed by atoms with Gasteiger partial charge in [0, 0.05) is 12.1 Å². The van der Waals surface area contributed by atoms with Crippen molar-refractivity contribution in [3.63, 3.8) is 0 Å². The lowest BCUT2D eigenvalue weighted by Gasteiger charge is -2.28. The van der Waals surface area contributed by atoms with Crippen LogP contribution in [0, 0.1) is 11.8 Å². The van der Waals surface area contributed by atoms with E-state index in [2.05, 4.69) is 10.6 Å². The topological polar surface area (TPSA) is 24.1 Å².